The molecule has 0 bridgehead atoms. The van der Waals surface area contributed by atoms with E-state index >= 15 is 0 Å². The third-order valence-corrected chi connectivity index (χ3v) is 6.07. The van der Waals surface area contributed by atoms with E-state index in [9.17, 15) is 9.59 Å². The second kappa shape index (κ2) is 9.28. The van der Waals surface area contributed by atoms with Crippen molar-refractivity contribution in [2.24, 2.45) is 10.9 Å². The Kier molecular flexibility index (Phi) is 6.98. The second-order valence-corrected chi connectivity index (χ2v) is 7.89. The molecule has 29 heavy (non-hydrogen) atoms. The molecule has 3 atom stereocenters. The number of halogens is 2. The Morgan fingerprint density at radius 3 is 2.69 bits per heavy atom. The fraction of sp³-hybridized carbons (Fsp3) is 0.476. The van der Waals surface area contributed by atoms with Crippen LogP contribution in [0.3, 0.4) is 0 Å². The number of benzene rings is 1. The van der Waals surface area contributed by atoms with Gasteiger partial charge in [0.2, 0.25) is 0 Å². The van der Waals surface area contributed by atoms with Crippen molar-refractivity contribution in [1.82, 2.24) is 0 Å². The Morgan fingerprint density at radius 2 is 2.03 bits per heavy atom. The van der Waals surface area contributed by atoms with Crippen LogP contribution in [0, 0.1) is 5.92 Å². The summed E-state index contributed by atoms with van der Waals surface area (Å²) >= 11 is 12.7. The summed E-state index contributed by atoms with van der Waals surface area (Å²) in [5.74, 6) is -2.61. The topological polar surface area (TPSA) is 74.2 Å². The van der Waals surface area contributed by atoms with Crippen LogP contribution in [0.4, 0.5) is 0 Å². The number of carbonyl (C=O) groups excluding carboxylic acids is 2. The average molecular weight is 440 g/mol. The van der Waals surface area contributed by atoms with Crippen molar-refractivity contribution in [2.75, 3.05) is 20.3 Å². The highest BCUT2D eigenvalue weighted by Crippen LogP contribution is 2.44. The zero-order valence-electron chi connectivity index (χ0n) is 16.5. The van der Waals surface area contributed by atoms with Gasteiger partial charge in [-0.05, 0) is 38.3 Å². The van der Waals surface area contributed by atoms with Gasteiger partial charge in [0.25, 0.3) is 0 Å². The number of hydrogen-bond donors (Lipinski definition) is 0. The lowest BCUT2D eigenvalue weighted by Gasteiger charge is -2.32. The second-order valence-electron chi connectivity index (χ2n) is 7.11. The van der Waals surface area contributed by atoms with E-state index in [4.69, 9.17) is 37.4 Å². The molecule has 1 saturated heterocycles. The number of rotatable bonds is 5. The molecule has 0 N–H and O–H groups in total. The molecule has 2 aliphatic heterocycles. The largest absolute Gasteiger partial charge is 0.466 e. The standard InChI is InChI=1S/C21H23Cl2NO5/c1-11-16(20(25)27-3)18(14-7-4-8-15(22)19(14)23)17(12(2)24-11)21(26)29-10-13-6-5-9-28-13/h4,7-8,13,17-18H,5-6,9-10H2,1-3H3. The maximum Gasteiger partial charge on any atom is 0.336 e. The summed E-state index contributed by atoms with van der Waals surface area (Å²) in [4.78, 5) is 30.1. The van der Waals surface area contributed by atoms with Crippen LogP contribution >= 0.6 is 23.2 Å². The highest BCUT2D eigenvalue weighted by Gasteiger charge is 2.43. The minimum atomic E-state index is -0.829. The van der Waals surface area contributed by atoms with Crippen LogP contribution in [0.2, 0.25) is 10.0 Å². The number of esters is 2. The van der Waals surface area contributed by atoms with Gasteiger partial charge in [-0.3, -0.25) is 9.79 Å². The van der Waals surface area contributed by atoms with E-state index in [2.05, 4.69) is 4.99 Å². The number of allylic oxidation sites excluding steroid dienone is 1. The van der Waals surface area contributed by atoms with Crippen molar-refractivity contribution in [3.63, 3.8) is 0 Å². The molecule has 3 rings (SSSR count). The lowest BCUT2D eigenvalue weighted by atomic mass is 9.75. The minimum absolute atomic E-state index is 0.106. The molecule has 3 unspecified atom stereocenters. The minimum Gasteiger partial charge on any atom is -0.466 e. The molecule has 2 heterocycles. The van der Waals surface area contributed by atoms with Gasteiger partial charge in [0.15, 0.2) is 0 Å². The first kappa shape index (κ1) is 21.8. The first-order valence-corrected chi connectivity index (χ1v) is 10.2. The molecule has 156 valence electrons. The van der Waals surface area contributed by atoms with Crippen LogP contribution in [-0.4, -0.2) is 44.1 Å². The Hall–Kier alpha value is -1.89. The number of nitrogens with zero attached hydrogens (tertiary/aromatic N) is 1. The molecule has 1 aromatic carbocycles. The Labute approximate surface area is 179 Å². The van der Waals surface area contributed by atoms with Crippen molar-refractivity contribution in [2.45, 2.75) is 38.7 Å². The van der Waals surface area contributed by atoms with Crippen LogP contribution < -0.4 is 0 Å². The van der Waals surface area contributed by atoms with Gasteiger partial charge in [-0.15, -0.1) is 0 Å². The number of aliphatic imine (C=N–C) groups is 1. The molecule has 8 heteroatoms. The number of ether oxygens (including phenoxy) is 3. The van der Waals surface area contributed by atoms with Crippen molar-refractivity contribution in [3.05, 3.63) is 45.1 Å². The lowest BCUT2D eigenvalue weighted by molar-refractivity contribution is -0.150. The first-order valence-electron chi connectivity index (χ1n) is 9.41. The quantitative estimate of drug-likeness (QED) is 0.637. The predicted octanol–water partition coefficient (Wildman–Crippen LogP) is 4.34. The van der Waals surface area contributed by atoms with Crippen LogP contribution in [-0.2, 0) is 23.8 Å². The molecule has 0 spiro atoms. The maximum atomic E-state index is 13.1. The van der Waals surface area contributed by atoms with Crippen molar-refractivity contribution in [3.8, 4) is 0 Å². The van der Waals surface area contributed by atoms with Crippen LogP contribution in [0.25, 0.3) is 0 Å². The van der Waals surface area contributed by atoms with E-state index in [0.29, 0.717) is 28.6 Å². The summed E-state index contributed by atoms with van der Waals surface area (Å²) in [6.07, 6.45) is 1.69. The highest BCUT2D eigenvalue weighted by atomic mass is 35.5. The van der Waals surface area contributed by atoms with E-state index in [0.717, 1.165) is 12.8 Å². The zero-order chi connectivity index (χ0) is 21.1. The van der Waals surface area contributed by atoms with Crippen molar-refractivity contribution >= 4 is 40.9 Å². The lowest BCUT2D eigenvalue weighted by Crippen LogP contribution is -2.37. The van der Waals surface area contributed by atoms with Gasteiger partial charge in [0, 0.05) is 23.9 Å². The van der Waals surface area contributed by atoms with Gasteiger partial charge in [0.1, 0.15) is 12.5 Å². The smallest absolute Gasteiger partial charge is 0.336 e. The SMILES string of the molecule is COC(=O)C1=C(C)N=C(C)C(C(=O)OCC2CCCO2)C1c1cccc(Cl)c1Cl. The molecule has 0 saturated carbocycles. The molecule has 1 fully saturated rings. The Bertz CT molecular complexity index is 874. The summed E-state index contributed by atoms with van der Waals surface area (Å²) < 4.78 is 16.1. The first-order chi connectivity index (χ1) is 13.8. The highest BCUT2D eigenvalue weighted by molar-refractivity contribution is 6.42. The van der Waals surface area contributed by atoms with Gasteiger partial charge in [-0.1, -0.05) is 35.3 Å². The Balaban J connectivity index is 2.02. The summed E-state index contributed by atoms with van der Waals surface area (Å²) in [7, 11) is 1.29. The molecule has 0 aliphatic carbocycles. The van der Waals surface area contributed by atoms with Crippen molar-refractivity contribution < 1.29 is 23.8 Å². The van der Waals surface area contributed by atoms with E-state index in [1.54, 1.807) is 32.0 Å². The molecule has 1 aromatic rings. The van der Waals surface area contributed by atoms with E-state index < -0.39 is 23.8 Å². The zero-order valence-corrected chi connectivity index (χ0v) is 18.0. The predicted molar refractivity (Wildman–Crippen MR) is 110 cm³/mol. The summed E-state index contributed by atoms with van der Waals surface area (Å²) in [6.45, 7) is 4.27. The molecule has 0 amide bonds. The number of hydrogen-bond acceptors (Lipinski definition) is 6. The third-order valence-electron chi connectivity index (χ3n) is 5.24. The monoisotopic (exact) mass is 439 g/mol. The van der Waals surface area contributed by atoms with Gasteiger partial charge < -0.3 is 14.2 Å². The van der Waals surface area contributed by atoms with Gasteiger partial charge in [-0.2, -0.15) is 0 Å². The maximum absolute atomic E-state index is 13.1. The Morgan fingerprint density at radius 1 is 1.28 bits per heavy atom. The van der Waals surface area contributed by atoms with Gasteiger partial charge in [0.05, 0.1) is 28.8 Å². The fourth-order valence-electron chi connectivity index (χ4n) is 3.85. The summed E-state index contributed by atoms with van der Waals surface area (Å²) in [6, 6.07) is 5.12. The molecule has 2 aliphatic rings. The molecular weight excluding hydrogens is 417 g/mol. The number of carbonyl (C=O) groups is 2. The van der Waals surface area contributed by atoms with Gasteiger partial charge >= 0.3 is 11.9 Å². The van der Waals surface area contributed by atoms with Crippen LogP contribution in [0.15, 0.2) is 34.5 Å². The van der Waals surface area contributed by atoms with Crippen molar-refractivity contribution in [1.29, 1.82) is 0 Å². The third kappa shape index (κ3) is 4.49. The average Bonchev–Trinajstić information content (AvgIpc) is 3.21. The fourth-order valence-corrected chi connectivity index (χ4v) is 4.28. The molecule has 6 nitrogen and oxygen atoms in total. The molecular formula is C21H23Cl2NO5. The normalized spacial score (nSPS) is 24.3. The number of methoxy groups -OCH3 is 1. The summed E-state index contributed by atoms with van der Waals surface area (Å²) in [5, 5.41) is 0.609. The van der Waals surface area contributed by atoms with E-state index in [-0.39, 0.29) is 23.3 Å². The molecule has 0 radical (unpaired) electrons. The molecule has 0 aromatic heterocycles. The van der Waals surface area contributed by atoms with Crippen LogP contribution in [0.5, 0.6) is 0 Å². The van der Waals surface area contributed by atoms with E-state index in [1.165, 1.54) is 7.11 Å². The summed E-state index contributed by atoms with van der Waals surface area (Å²) in [5.41, 5.74) is 1.82. The van der Waals surface area contributed by atoms with E-state index in [1.807, 2.05) is 0 Å². The van der Waals surface area contributed by atoms with Crippen LogP contribution in [0.1, 0.15) is 38.2 Å². The van der Waals surface area contributed by atoms with Gasteiger partial charge in [-0.25, -0.2) is 4.79 Å².